The third kappa shape index (κ3) is 2.11. The summed E-state index contributed by atoms with van der Waals surface area (Å²) < 4.78 is 0.284. The van der Waals surface area contributed by atoms with Gasteiger partial charge in [0.2, 0.25) is 9.47 Å². The first-order valence-electron chi connectivity index (χ1n) is 5.62. The molecule has 1 aromatic heterocycles. The number of fused-ring (bicyclic) bond motifs is 1. The van der Waals surface area contributed by atoms with Crippen molar-refractivity contribution < 1.29 is 4.79 Å². The number of nitrogens with zero attached hydrogens (tertiary/aromatic N) is 2. The second-order valence-electron chi connectivity index (χ2n) is 4.12. The second kappa shape index (κ2) is 4.66. The van der Waals surface area contributed by atoms with Crippen molar-refractivity contribution in [3.63, 3.8) is 0 Å². The van der Waals surface area contributed by atoms with Crippen molar-refractivity contribution in [1.29, 1.82) is 0 Å². The summed E-state index contributed by atoms with van der Waals surface area (Å²) in [6.45, 7) is 0. The third-order valence-electron chi connectivity index (χ3n) is 3.03. The minimum absolute atomic E-state index is 0.0661. The predicted molar refractivity (Wildman–Crippen MR) is 69.9 cm³/mol. The van der Waals surface area contributed by atoms with Crippen molar-refractivity contribution >= 4 is 28.8 Å². The Bertz CT molecular complexity index is 599. The normalized spacial score (nSPS) is 17.5. The molecule has 1 aliphatic rings. The van der Waals surface area contributed by atoms with E-state index in [1.165, 1.54) is 11.1 Å². The molecular formula is C12H10ClN3OS. The average molecular weight is 280 g/mol. The zero-order chi connectivity index (χ0) is 12.5. The number of benzene rings is 1. The Labute approximate surface area is 113 Å². The zero-order valence-electron chi connectivity index (χ0n) is 9.39. The van der Waals surface area contributed by atoms with Gasteiger partial charge in [0.05, 0.1) is 6.04 Å². The van der Waals surface area contributed by atoms with Crippen molar-refractivity contribution in [1.82, 2.24) is 15.5 Å². The molecule has 1 amide bonds. The van der Waals surface area contributed by atoms with Crippen LogP contribution in [-0.2, 0) is 6.42 Å². The Morgan fingerprint density at radius 1 is 1.39 bits per heavy atom. The Hall–Kier alpha value is -1.46. The lowest BCUT2D eigenvalue weighted by Crippen LogP contribution is -2.27. The lowest BCUT2D eigenvalue weighted by Gasteiger charge is -2.12. The summed E-state index contributed by atoms with van der Waals surface area (Å²) in [5.74, 6) is -0.207. The Morgan fingerprint density at radius 2 is 2.22 bits per heavy atom. The number of aromatic nitrogens is 2. The van der Waals surface area contributed by atoms with Gasteiger partial charge in [0, 0.05) is 0 Å². The predicted octanol–water partition coefficient (Wildman–Crippen LogP) is 2.61. The van der Waals surface area contributed by atoms with Crippen LogP contribution in [0.2, 0.25) is 4.47 Å². The van der Waals surface area contributed by atoms with E-state index in [4.69, 9.17) is 11.6 Å². The summed E-state index contributed by atoms with van der Waals surface area (Å²) in [5.41, 5.74) is 2.50. The number of hydrogen-bond acceptors (Lipinski definition) is 4. The van der Waals surface area contributed by atoms with Gasteiger partial charge in [-0.3, -0.25) is 4.79 Å². The van der Waals surface area contributed by atoms with Crippen LogP contribution in [0.3, 0.4) is 0 Å². The standard InChI is InChI=1S/C12H10ClN3OS/c13-12-16-15-11(18-12)10(17)14-9-6-5-7-3-1-2-4-8(7)9/h1-4,9H,5-6H2,(H,14,17). The molecule has 1 N–H and O–H groups in total. The fraction of sp³-hybridized carbons (Fsp3) is 0.250. The highest BCUT2D eigenvalue weighted by molar-refractivity contribution is 7.17. The monoisotopic (exact) mass is 279 g/mol. The topological polar surface area (TPSA) is 54.9 Å². The summed E-state index contributed by atoms with van der Waals surface area (Å²) in [5, 5.41) is 10.7. The van der Waals surface area contributed by atoms with E-state index in [-0.39, 0.29) is 16.4 Å². The number of nitrogens with one attached hydrogen (secondary N) is 1. The molecule has 6 heteroatoms. The van der Waals surface area contributed by atoms with E-state index in [0.717, 1.165) is 24.2 Å². The quantitative estimate of drug-likeness (QED) is 0.919. The molecule has 3 rings (SSSR count). The van der Waals surface area contributed by atoms with Gasteiger partial charge in [0.15, 0.2) is 0 Å². The molecule has 2 aromatic rings. The molecule has 4 nitrogen and oxygen atoms in total. The fourth-order valence-electron chi connectivity index (χ4n) is 2.22. The molecule has 0 spiro atoms. The van der Waals surface area contributed by atoms with Crippen molar-refractivity contribution in [3.8, 4) is 0 Å². The highest BCUT2D eigenvalue weighted by atomic mass is 35.5. The van der Waals surface area contributed by atoms with Crippen molar-refractivity contribution in [2.45, 2.75) is 18.9 Å². The molecule has 1 atom stereocenters. The molecule has 0 radical (unpaired) electrons. The van der Waals surface area contributed by atoms with E-state index in [0.29, 0.717) is 5.01 Å². The highest BCUT2D eigenvalue weighted by Gasteiger charge is 2.24. The molecule has 1 aliphatic carbocycles. The molecule has 0 aliphatic heterocycles. The lowest BCUT2D eigenvalue weighted by molar-refractivity contribution is 0.0935. The Morgan fingerprint density at radius 3 is 3.00 bits per heavy atom. The minimum Gasteiger partial charge on any atom is -0.343 e. The van der Waals surface area contributed by atoms with E-state index in [9.17, 15) is 4.79 Å². The van der Waals surface area contributed by atoms with E-state index in [1.54, 1.807) is 0 Å². The maximum atomic E-state index is 12.0. The molecule has 1 aromatic carbocycles. The summed E-state index contributed by atoms with van der Waals surface area (Å²) in [6, 6.07) is 8.24. The van der Waals surface area contributed by atoms with Crippen LogP contribution in [0.15, 0.2) is 24.3 Å². The molecule has 1 unspecified atom stereocenters. The van der Waals surface area contributed by atoms with Crippen LogP contribution in [0.1, 0.15) is 33.4 Å². The molecule has 0 saturated carbocycles. The van der Waals surface area contributed by atoms with Crippen molar-refractivity contribution in [3.05, 3.63) is 44.9 Å². The molecular weight excluding hydrogens is 270 g/mol. The Balaban J connectivity index is 1.77. The van der Waals surface area contributed by atoms with Gasteiger partial charge in [-0.05, 0) is 35.6 Å². The van der Waals surface area contributed by atoms with E-state index in [1.807, 2.05) is 12.1 Å². The molecule has 18 heavy (non-hydrogen) atoms. The number of carbonyl (C=O) groups is 1. The lowest BCUT2D eigenvalue weighted by atomic mass is 10.1. The van der Waals surface area contributed by atoms with Gasteiger partial charge in [0.1, 0.15) is 0 Å². The van der Waals surface area contributed by atoms with Crippen LogP contribution < -0.4 is 5.32 Å². The highest BCUT2D eigenvalue weighted by Crippen LogP contribution is 2.31. The van der Waals surface area contributed by atoms with E-state index in [2.05, 4.69) is 27.6 Å². The van der Waals surface area contributed by atoms with E-state index >= 15 is 0 Å². The number of carbonyl (C=O) groups excluding carboxylic acids is 1. The van der Waals surface area contributed by atoms with Gasteiger partial charge in [-0.2, -0.15) is 0 Å². The van der Waals surface area contributed by atoms with Gasteiger partial charge >= 0.3 is 0 Å². The summed E-state index contributed by atoms with van der Waals surface area (Å²) >= 11 is 6.76. The first kappa shape index (κ1) is 11.6. The number of hydrogen-bond donors (Lipinski definition) is 1. The molecule has 92 valence electrons. The maximum Gasteiger partial charge on any atom is 0.282 e. The largest absolute Gasteiger partial charge is 0.343 e. The molecule has 0 saturated heterocycles. The van der Waals surface area contributed by atoms with Crippen LogP contribution in [0.5, 0.6) is 0 Å². The van der Waals surface area contributed by atoms with Gasteiger partial charge in [-0.1, -0.05) is 35.6 Å². The first-order valence-corrected chi connectivity index (χ1v) is 6.81. The van der Waals surface area contributed by atoms with Crippen LogP contribution in [0.4, 0.5) is 0 Å². The maximum absolute atomic E-state index is 12.0. The number of amides is 1. The average Bonchev–Trinajstić information content (AvgIpc) is 2.97. The third-order valence-corrected chi connectivity index (χ3v) is 4.05. The van der Waals surface area contributed by atoms with Crippen LogP contribution in [0, 0.1) is 0 Å². The first-order chi connectivity index (χ1) is 8.74. The zero-order valence-corrected chi connectivity index (χ0v) is 11.0. The van der Waals surface area contributed by atoms with Crippen molar-refractivity contribution in [2.24, 2.45) is 0 Å². The van der Waals surface area contributed by atoms with Gasteiger partial charge in [0.25, 0.3) is 5.91 Å². The van der Waals surface area contributed by atoms with Crippen molar-refractivity contribution in [2.75, 3.05) is 0 Å². The number of halogens is 1. The number of rotatable bonds is 2. The second-order valence-corrected chi connectivity index (χ2v) is 5.68. The summed E-state index contributed by atoms with van der Waals surface area (Å²) in [6.07, 6.45) is 1.93. The number of aryl methyl sites for hydroxylation is 1. The minimum atomic E-state index is -0.207. The van der Waals surface area contributed by atoms with E-state index < -0.39 is 0 Å². The van der Waals surface area contributed by atoms with Crippen LogP contribution >= 0.6 is 22.9 Å². The van der Waals surface area contributed by atoms with Crippen LogP contribution in [-0.4, -0.2) is 16.1 Å². The summed E-state index contributed by atoms with van der Waals surface area (Å²) in [7, 11) is 0. The Kier molecular flexibility index (Phi) is 3.01. The van der Waals surface area contributed by atoms with Gasteiger partial charge in [-0.15, -0.1) is 10.2 Å². The molecule has 0 bridgehead atoms. The molecule has 0 fully saturated rings. The molecule has 1 heterocycles. The fourth-order valence-corrected chi connectivity index (χ4v) is 2.96. The summed E-state index contributed by atoms with van der Waals surface area (Å²) in [4.78, 5) is 12.0. The van der Waals surface area contributed by atoms with Gasteiger partial charge in [-0.25, -0.2) is 0 Å². The smallest absolute Gasteiger partial charge is 0.282 e. The van der Waals surface area contributed by atoms with Crippen LogP contribution in [0.25, 0.3) is 0 Å². The van der Waals surface area contributed by atoms with Gasteiger partial charge < -0.3 is 5.32 Å². The SMILES string of the molecule is O=C(NC1CCc2ccccc21)c1nnc(Cl)s1.